The Morgan fingerprint density at radius 1 is 0.974 bits per heavy atom. The molecule has 4 aromatic rings. The number of aromatic amines is 1. The number of carbonyl (C=O) groups is 1. The molecule has 0 bridgehead atoms. The lowest BCUT2D eigenvalue weighted by Crippen LogP contribution is -2.49. The SMILES string of the molecule is CCOc1cc2[nH]c(=S)n(Cc3ccc(C(=O)N4CCN(c5ccccn5)CC4)cc3)c(=O)c2cc1OCC. The first kappa shape index (κ1) is 26.4. The molecular formula is C29H31N5O4S. The zero-order valence-electron chi connectivity index (χ0n) is 22.1. The highest BCUT2D eigenvalue weighted by Gasteiger charge is 2.23. The van der Waals surface area contributed by atoms with Gasteiger partial charge in [-0.3, -0.25) is 14.2 Å². The number of nitrogens with zero attached hydrogens (tertiary/aromatic N) is 4. The van der Waals surface area contributed by atoms with Crippen molar-refractivity contribution in [2.75, 3.05) is 44.3 Å². The van der Waals surface area contributed by atoms with Crippen molar-refractivity contribution in [3.8, 4) is 11.5 Å². The number of pyridine rings is 1. The molecule has 1 aliphatic rings. The monoisotopic (exact) mass is 545 g/mol. The maximum atomic E-state index is 13.4. The minimum absolute atomic E-state index is 0.00376. The van der Waals surface area contributed by atoms with Gasteiger partial charge in [0.25, 0.3) is 11.5 Å². The van der Waals surface area contributed by atoms with E-state index in [1.54, 1.807) is 18.3 Å². The molecule has 1 N–H and O–H groups in total. The topological polar surface area (TPSA) is 92.7 Å². The minimum Gasteiger partial charge on any atom is -0.490 e. The predicted molar refractivity (Wildman–Crippen MR) is 154 cm³/mol. The van der Waals surface area contributed by atoms with Crippen molar-refractivity contribution < 1.29 is 14.3 Å². The Hall–Kier alpha value is -4.18. The number of carbonyl (C=O) groups excluding carboxylic acids is 1. The Balaban J connectivity index is 1.31. The molecule has 9 nitrogen and oxygen atoms in total. The lowest BCUT2D eigenvalue weighted by atomic mass is 10.1. The zero-order valence-corrected chi connectivity index (χ0v) is 22.9. The van der Waals surface area contributed by atoms with Crippen LogP contribution in [0.15, 0.2) is 65.6 Å². The van der Waals surface area contributed by atoms with Crippen LogP contribution in [0.1, 0.15) is 29.8 Å². The van der Waals surface area contributed by atoms with Gasteiger partial charge in [-0.05, 0) is 62.0 Å². The fourth-order valence-corrected chi connectivity index (χ4v) is 5.00. The number of ether oxygens (including phenoxy) is 2. The first-order valence-corrected chi connectivity index (χ1v) is 13.5. The van der Waals surface area contributed by atoms with Crippen LogP contribution >= 0.6 is 12.2 Å². The number of piperazine rings is 1. The lowest BCUT2D eigenvalue weighted by molar-refractivity contribution is 0.0746. The number of nitrogens with one attached hydrogen (secondary N) is 1. The summed E-state index contributed by atoms with van der Waals surface area (Å²) in [5.41, 5.74) is 1.86. The average molecular weight is 546 g/mol. The van der Waals surface area contributed by atoms with Crippen LogP contribution in [0.3, 0.4) is 0 Å². The average Bonchev–Trinajstić information content (AvgIpc) is 2.97. The second kappa shape index (κ2) is 11.7. The molecule has 2 aromatic heterocycles. The van der Waals surface area contributed by atoms with Crippen molar-refractivity contribution in [1.29, 1.82) is 0 Å². The molecule has 5 rings (SSSR count). The van der Waals surface area contributed by atoms with E-state index in [0.717, 1.165) is 24.5 Å². The van der Waals surface area contributed by atoms with Gasteiger partial charge in [-0.15, -0.1) is 0 Å². The van der Waals surface area contributed by atoms with Gasteiger partial charge in [-0.1, -0.05) is 18.2 Å². The first-order valence-electron chi connectivity index (χ1n) is 13.1. The third-order valence-electron chi connectivity index (χ3n) is 6.73. The van der Waals surface area contributed by atoms with Crippen molar-refractivity contribution in [3.63, 3.8) is 0 Å². The third kappa shape index (κ3) is 5.65. The van der Waals surface area contributed by atoms with Crippen LogP contribution in [0.2, 0.25) is 0 Å². The molecule has 202 valence electrons. The number of hydrogen-bond donors (Lipinski definition) is 1. The molecule has 0 atom stereocenters. The van der Waals surface area contributed by atoms with Gasteiger partial charge < -0.3 is 24.3 Å². The van der Waals surface area contributed by atoms with E-state index in [2.05, 4.69) is 14.9 Å². The molecule has 0 unspecified atom stereocenters. The van der Waals surface area contributed by atoms with E-state index >= 15 is 0 Å². The molecule has 0 spiro atoms. The number of amides is 1. The predicted octanol–water partition coefficient (Wildman–Crippen LogP) is 4.26. The molecule has 0 radical (unpaired) electrons. The molecule has 10 heteroatoms. The number of benzene rings is 2. The number of fused-ring (bicyclic) bond motifs is 1. The summed E-state index contributed by atoms with van der Waals surface area (Å²) in [6.45, 7) is 7.72. The van der Waals surface area contributed by atoms with Crippen molar-refractivity contribution in [3.05, 3.63) is 87.0 Å². The van der Waals surface area contributed by atoms with Crippen LogP contribution in [0.4, 0.5) is 5.82 Å². The van der Waals surface area contributed by atoms with Crippen molar-refractivity contribution in [1.82, 2.24) is 19.4 Å². The van der Waals surface area contributed by atoms with Crippen LogP contribution in [-0.2, 0) is 6.54 Å². The van der Waals surface area contributed by atoms with Gasteiger partial charge in [0, 0.05) is 44.0 Å². The summed E-state index contributed by atoms with van der Waals surface area (Å²) >= 11 is 5.52. The van der Waals surface area contributed by atoms with Gasteiger partial charge in [0.15, 0.2) is 16.3 Å². The number of anilines is 1. The highest BCUT2D eigenvalue weighted by molar-refractivity contribution is 7.71. The smallest absolute Gasteiger partial charge is 0.262 e. The van der Waals surface area contributed by atoms with Gasteiger partial charge in [-0.25, -0.2) is 4.98 Å². The van der Waals surface area contributed by atoms with Crippen LogP contribution in [0, 0.1) is 4.77 Å². The first-order chi connectivity index (χ1) is 19.0. The van der Waals surface area contributed by atoms with Gasteiger partial charge in [0.1, 0.15) is 5.82 Å². The van der Waals surface area contributed by atoms with E-state index in [9.17, 15) is 9.59 Å². The summed E-state index contributed by atoms with van der Waals surface area (Å²) in [6, 6.07) is 16.7. The van der Waals surface area contributed by atoms with Crippen molar-refractivity contribution in [2.45, 2.75) is 20.4 Å². The Morgan fingerprint density at radius 3 is 2.31 bits per heavy atom. The maximum absolute atomic E-state index is 13.4. The van der Waals surface area contributed by atoms with Crippen LogP contribution in [0.25, 0.3) is 10.9 Å². The van der Waals surface area contributed by atoms with Crippen LogP contribution < -0.4 is 19.9 Å². The summed E-state index contributed by atoms with van der Waals surface area (Å²) in [5.74, 6) is 2.01. The molecular weight excluding hydrogens is 514 g/mol. The van der Waals surface area contributed by atoms with E-state index in [-0.39, 0.29) is 18.0 Å². The van der Waals surface area contributed by atoms with Gasteiger partial charge >= 0.3 is 0 Å². The molecule has 2 aromatic carbocycles. The van der Waals surface area contributed by atoms with Crippen molar-refractivity contribution >= 4 is 34.8 Å². The normalized spacial score (nSPS) is 13.5. The van der Waals surface area contributed by atoms with Crippen LogP contribution in [0.5, 0.6) is 11.5 Å². The Bertz CT molecular complexity index is 1580. The minimum atomic E-state index is -0.219. The summed E-state index contributed by atoms with van der Waals surface area (Å²) in [5, 5.41) is 0.465. The number of aromatic nitrogens is 3. The van der Waals surface area contributed by atoms with E-state index in [4.69, 9.17) is 21.7 Å². The standard InChI is InChI=1S/C29H31N5O4S/c1-3-37-24-17-22-23(18-25(24)38-4-2)31-29(39)34(28(22)36)19-20-8-10-21(11-9-20)27(35)33-15-13-32(14-16-33)26-7-5-6-12-30-26/h5-12,17-18H,3-4,13-16,19H2,1-2H3,(H,31,39). The Kier molecular flexibility index (Phi) is 7.92. The van der Waals surface area contributed by atoms with E-state index < -0.39 is 0 Å². The zero-order chi connectivity index (χ0) is 27.4. The molecule has 1 amide bonds. The molecule has 0 aliphatic carbocycles. The van der Waals surface area contributed by atoms with Gasteiger partial charge in [0.05, 0.1) is 30.7 Å². The molecule has 1 fully saturated rings. The second-order valence-corrected chi connectivity index (χ2v) is 9.58. The summed E-state index contributed by atoms with van der Waals surface area (Å²) in [6.07, 6.45) is 1.78. The van der Waals surface area contributed by atoms with E-state index in [1.807, 2.05) is 61.2 Å². The quantitative estimate of drug-likeness (QED) is 0.331. The Labute approximate surface area is 231 Å². The third-order valence-corrected chi connectivity index (χ3v) is 7.05. The molecule has 1 aliphatic heterocycles. The fourth-order valence-electron chi connectivity index (χ4n) is 4.74. The molecule has 1 saturated heterocycles. The maximum Gasteiger partial charge on any atom is 0.262 e. The number of rotatable bonds is 8. The summed E-state index contributed by atoms with van der Waals surface area (Å²) in [4.78, 5) is 38.1. The van der Waals surface area contributed by atoms with E-state index in [0.29, 0.717) is 59.0 Å². The largest absolute Gasteiger partial charge is 0.490 e. The molecule has 0 saturated carbocycles. The number of H-pyrrole nitrogens is 1. The number of hydrogen-bond acceptors (Lipinski definition) is 7. The highest BCUT2D eigenvalue weighted by atomic mass is 32.1. The van der Waals surface area contributed by atoms with Gasteiger partial charge in [0.2, 0.25) is 0 Å². The summed E-state index contributed by atoms with van der Waals surface area (Å²) in [7, 11) is 0. The highest BCUT2D eigenvalue weighted by Crippen LogP contribution is 2.31. The fraction of sp³-hybridized carbons (Fsp3) is 0.310. The van der Waals surface area contributed by atoms with Gasteiger partial charge in [-0.2, -0.15) is 0 Å². The molecule has 3 heterocycles. The van der Waals surface area contributed by atoms with E-state index in [1.165, 1.54) is 4.57 Å². The summed E-state index contributed by atoms with van der Waals surface area (Å²) < 4.78 is 13.2. The Morgan fingerprint density at radius 2 is 1.67 bits per heavy atom. The van der Waals surface area contributed by atoms with Crippen LogP contribution in [-0.4, -0.2) is 64.7 Å². The van der Waals surface area contributed by atoms with Crippen molar-refractivity contribution in [2.24, 2.45) is 0 Å². The second-order valence-electron chi connectivity index (χ2n) is 9.20. The molecule has 39 heavy (non-hydrogen) atoms. The lowest BCUT2D eigenvalue weighted by Gasteiger charge is -2.35.